The Labute approximate surface area is 154 Å². The van der Waals surface area contributed by atoms with Crippen molar-refractivity contribution in [3.8, 4) is 5.75 Å². The van der Waals surface area contributed by atoms with Crippen LogP contribution in [0.5, 0.6) is 5.75 Å². The zero-order valence-electron chi connectivity index (χ0n) is 14.5. The first-order valence-electron chi connectivity index (χ1n) is 7.54. The summed E-state index contributed by atoms with van der Waals surface area (Å²) in [7, 11) is 1.46. The van der Waals surface area contributed by atoms with Crippen LogP contribution in [0.15, 0.2) is 41.3 Å². The van der Waals surface area contributed by atoms with Crippen LogP contribution >= 0.6 is 11.8 Å². The SMILES string of the molecule is COc1ccc(C(C)=O)cc1COC(=O)c1cc(SC)ccc1[N+](=O)[O-]. The zero-order chi connectivity index (χ0) is 19.3. The molecule has 0 aliphatic heterocycles. The topological polar surface area (TPSA) is 95.7 Å². The number of Topliss-reactive ketones (excluding diaryl/α,β-unsaturated/α-hetero) is 1. The van der Waals surface area contributed by atoms with E-state index in [1.165, 1.54) is 37.9 Å². The molecule has 2 rings (SSSR count). The molecule has 0 aliphatic rings. The fraction of sp³-hybridized carbons (Fsp3) is 0.222. The van der Waals surface area contributed by atoms with Crippen molar-refractivity contribution in [2.45, 2.75) is 18.4 Å². The molecule has 2 aromatic carbocycles. The maximum absolute atomic E-state index is 12.4. The van der Waals surface area contributed by atoms with Crippen LogP contribution in [0.3, 0.4) is 0 Å². The monoisotopic (exact) mass is 375 g/mol. The molecule has 2 aromatic rings. The molecule has 0 atom stereocenters. The Morgan fingerprint density at radius 1 is 1.19 bits per heavy atom. The van der Waals surface area contributed by atoms with E-state index in [2.05, 4.69) is 0 Å². The van der Waals surface area contributed by atoms with Crippen LogP contribution in [0.1, 0.15) is 33.2 Å². The molecule has 7 nitrogen and oxygen atoms in total. The molecule has 0 fully saturated rings. The number of nitro groups is 1. The molecule has 8 heteroatoms. The van der Waals surface area contributed by atoms with Crippen LogP contribution in [0.4, 0.5) is 5.69 Å². The van der Waals surface area contributed by atoms with E-state index in [9.17, 15) is 19.7 Å². The maximum atomic E-state index is 12.4. The summed E-state index contributed by atoms with van der Waals surface area (Å²) in [4.78, 5) is 35.1. The van der Waals surface area contributed by atoms with Crippen LogP contribution in [-0.4, -0.2) is 30.0 Å². The van der Waals surface area contributed by atoms with Gasteiger partial charge in [-0.05, 0) is 43.5 Å². The molecule has 0 saturated heterocycles. The lowest BCUT2D eigenvalue weighted by atomic mass is 10.1. The first kappa shape index (κ1) is 19.5. The molecule has 0 spiro atoms. The summed E-state index contributed by atoms with van der Waals surface area (Å²) in [5.41, 5.74) is 0.505. The van der Waals surface area contributed by atoms with Gasteiger partial charge in [0.25, 0.3) is 5.69 Å². The van der Waals surface area contributed by atoms with Gasteiger partial charge in [-0.3, -0.25) is 14.9 Å². The highest BCUT2D eigenvalue weighted by Crippen LogP contribution is 2.27. The molecule has 0 bridgehead atoms. The Balaban J connectivity index is 2.28. The van der Waals surface area contributed by atoms with Gasteiger partial charge in [0.2, 0.25) is 0 Å². The number of benzene rings is 2. The highest BCUT2D eigenvalue weighted by molar-refractivity contribution is 7.98. The molecular formula is C18H17NO6S. The van der Waals surface area contributed by atoms with Gasteiger partial charge in [0.05, 0.1) is 12.0 Å². The lowest BCUT2D eigenvalue weighted by Gasteiger charge is -2.11. The number of ketones is 1. The predicted octanol–water partition coefficient (Wildman–Crippen LogP) is 3.88. The number of carbonyl (C=O) groups is 2. The van der Waals surface area contributed by atoms with Crippen molar-refractivity contribution in [3.05, 3.63) is 63.2 Å². The number of nitrogens with zero attached hydrogens (tertiary/aromatic N) is 1. The number of carbonyl (C=O) groups excluding carboxylic acids is 2. The quantitative estimate of drug-likeness (QED) is 0.238. The lowest BCUT2D eigenvalue weighted by molar-refractivity contribution is -0.385. The third kappa shape index (κ3) is 4.40. The second-order valence-electron chi connectivity index (χ2n) is 5.30. The standard InChI is InChI=1S/C18H17NO6S/c1-11(20)12-4-7-17(24-2)13(8-12)10-25-18(21)15-9-14(26-3)5-6-16(15)19(22)23/h4-9H,10H2,1-3H3. The average molecular weight is 375 g/mol. The molecule has 0 heterocycles. The number of nitro benzene ring substituents is 1. The third-order valence-electron chi connectivity index (χ3n) is 3.67. The lowest BCUT2D eigenvalue weighted by Crippen LogP contribution is -2.09. The van der Waals surface area contributed by atoms with Gasteiger partial charge in [0.15, 0.2) is 5.78 Å². The summed E-state index contributed by atoms with van der Waals surface area (Å²) in [6, 6.07) is 9.06. The third-order valence-corrected chi connectivity index (χ3v) is 4.39. The second-order valence-corrected chi connectivity index (χ2v) is 6.18. The molecule has 0 aromatic heterocycles. The smallest absolute Gasteiger partial charge is 0.345 e. The highest BCUT2D eigenvalue weighted by Gasteiger charge is 2.22. The Hall–Kier alpha value is -2.87. The number of hydrogen-bond donors (Lipinski definition) is 0. The van der Waals surface area contributed by atoms with Gasteiger partial charge in [-0.25, -0.2) is 4.79 Å². The predicted molar refractivity (Wildman–Crippen MR) is 97.0 cm³/mol. The van der Waals surface area contributed by atoms with E-state index in [-0.39, 0.29) is 23.6 Å². The van der Waals surface area contributed by atoms with Gasteiger partial charge < -0.3 is 9.47 Å². The highest BCUT2D eigenvalue weighted by atomic mass is 32.2. The minimum Gasteiger partial charge on any atom is -0.496 e. The van der Waals surface area contributed by atoms with Crippen molar-refractivity contribution in [3.63, 3.8) is 0 Å². The fourth-order valence-corrected chi connectivity index (χ4v) is 2.74. The van der Waals surface area contributed by atoms with Crippen molar-refractivity contribution in [2.75, 3.05) is 13.4 Å². The van der Waals surface area contributed by atoms with Crippen molar-refractivity contribution in [1.29, 1.82) is 0 Å². The Morgan fingerprint density at radius 2 is 1.92 bits per heavy atom. The van der Waals surface area contributed by atoms with Crippen molar-refractivity contribution in [2.24, 2.45) is 0 Å². The molecule has 136 valence electrons. The summed E-state index contributed by atoms with van der Waals surface area (Å²) in [5, 5.41) is 11.2. The molecule has 0 aliphatic carbocycles. The van der Waals surface area contributed by atoms with Crippen molar-refractivity contribution >= 4 is 29.2 Å². The Kier molecular flexibility index (Phi) is 6.35. The van der Waals surface area contributed by atoms with Gasteiger partial charge in [-0.2, -0.15) is 0 Å². The number of methoxy groups -OCH3 is 1. The normalized spacial score (nSPS) is 10.3. The molecule has 0 amide bonds. The number of ether oxygens (including phenoxy) is 2. The second kappa shape index (κ2) is 8.48. The number of rotatable bonds is 7. The minimum absolute atomic E-state index is 0.122. The average Bonchev–Trinajstić information content (AvgIpc) is 2.64. The van der Waals surface area contributed by atoms with E-state index < -0.39 is 10.9 Å². The molecule has 0 N–H and O–H groups in total. The first-order chi connectivity index (χ1) is 12.4. The molecule has 26 heavy (non-hydrogen) atoms. The largest absolute Gasteiger partial charge is 0.496 e. The molecule has 0 unspecified atom stereocenters. The van der Waals surface area contributed by atoms with Gasteiger partial charge in [0.1, 0.15) is 17.9 Å². The van der Waals surface area contributed by atoms with Crippen LogP contribution in [-0.2, 0) is 11.3 Å². The van der Waals surface area contributed by atoms with Crippen molar-refractivity contribution in [1.82, 2.24) is 0 Å². The Bertz CT molecular complexity index is 865. The van der Waals surface area contributed by atoms with E-state index in [0.717, 1.165) is 0 Å². The number of hydrogen-bond acceptors (Lipinski definition) is 7. The minimum atomic E-state index is -0.817. The van der Waals surface area contributed by atoms with Gasteiger partial charge in [-0.15, -0.1) is 11.8 Å². The Morgan fingerprint density at radius 3 is 2.50 bits per heavy atom. The summed E-state index contributed by atoms with van der Waals surface area (Å²) in [6.45, 7) is 1.25. The first-order valence-corrected chi connectivity index (χ1v) is 8.77. The van der Waals surface area contributed by atoms with Crippen molar-refractivity contribution < 1.29 is 24.0 Å². The van der Waals surface area contributed by atoms with Crippen LogP contribution in [0, 0.1) is 10.1 Å². The van der Waals surface area contributed by atoms with E-state index in [1.54, 1.807) is 30.5 Å². The summed E-state index contributed by atoms with van der Waals surface area (Å²) in [5.74, 6) is -0.499. The van der Waals surface area contributed by atoms with E-state index in [1.807, 2.05) is 0 Å². The number of esters is 1. The summed E-state index contributed by atoms with van der Waals surface area (Å²) in [6.07, 6.45) is 1.80. The van der Waals surface area contributed by atoms with Gasteiger partial charge in [0, 0.05) is 22.1 Å². The van der Waals surface area contributed by atoms with Gasteiger partial charge in [-0.1, -0.05) is 0 Å². The van der Waals surface area contributed by atoms with Gasteiger partial charge >= 0.3 is 5.97 Å². The molecular weight excluding hydrogens is 358 g/mol. The fourth-order valence-electron chi connectivity index (χ4n) is 2.30. The molecule has 0 saturated carbocycles. The van der Waals surface area contributed by atoms with Crippen LogP contribution in [0.2, 0.25) is 0 Å². The van der Waals surface area contributed by atoms with Crippen LogP contribution in [0.25, 0.3) is 0 Å². The molecule has 0 radical (unpaired) electrons. The van der Waals surface area contributed by atoms with Crippen LogP contribution < -0.4 is 4.74 Å². The summed E-state index contributed by atoms with van der Waals surface area (Å²) >= 11 is 1.36. The zero-order valence-corrected chi connectivity index (χ0v) is 15.3. The maximum Gasteiger partial charge on any atom is 0.345 e. The van der Waals surface area contributed by atoms with E-state index >= 15 is 0 Å². The summed E-state index contributed by atoms with van der Waals surface area (Å²) < 4.78 is 10.4. The van der Waals surface area contributed by atoms with E-state index in [4.69, 9.17) is 9.47 Å². The number of thioether (sulfide) groups is 1. The van der Waals surface area contributed by atoms with E-state index in [0.29, 0.717) is 21.8 Å².